The fourth-order valence-corrected chi connectivity index (χ4v) is 2.39. The zero-order chi connectivity index (χ0) is 12.8. The van der Waals surface area contributed by atoms with E-state index in [1.807, 2.05) is 24.3 Å². The van der Waals surface area contributed by atoms with Crippen molar-refractivity contribution < 1.29 is 14.6 Å². The summed E-state index contributed by atoms with van der Waals surface area (Å²) >= 11 is 0. The molecule has 18 heavy (non-hydrogen) atoms. The average Bonchev–Trinajstić information content (AvgIpc) is 2.78. The third-order valence-corrected chi connectivity index (χ3v) is 3.49. The second-order valence-electron chi connectivity index (χ2n) is 4.81. The first-order valence-electron chi connectivity index (χ1n) is 6.65. The maximum Gasteiger partial charge on any atom is 0.136 e. The van der Waals surface area contributed by atoms with E-state index in [2.05, 4.69) is 0 Å². The van der Waals surface area contributed by atoms with Crippen molar-refractivity contribution in [3.05, 3.63) is 29.8 Å². The molecule has 2 rings (SSSR count). The third-order valence-electron chi connectivity index (χ3n) is 3.49. The van der Waals surface area contributed by atoms with Gasteiger partial charge in [-0.15, -0.1) is 0 Å². The Bertz CT molecular complexity index is 383. The number of ether oxygens (including phenoxy) is 1. The van der Waals surface area contributed by atoms with Crippen LogP contribution in [0.15, 0.2) is 24.3 Å². The minimum absolute atomic E-state index is 0.171. The molecule has 1 aromatic rings. The van der Waals surface area contributed by atoms with Gasteiger partial charge in [0, 0.05) is 18.9 Å². The molecule has 1 aliphatic carbocycles. The molecule has 98 valence electrons. The van der Waals surface area contributed by atoms with Crippen LogP contribution in [-0.2, 0) is 11.2 Å². The van der Waals surface area contributed by atoms with Crippen LogP contribution in [0.3, 0.4) is 0 Å². The highest BCUT2D eigenvalue weighted by molar-refractivity contribution is 5.82. The third kappa shape index (κ3) is 3.57. The van der Waals surface area contributed by atoms with Crippen LogP contribution in [-0.4, -0.2) is 24.1 Å². The van der Waals surface area contributed by atoms with Gasteiger partial charge < -0.3 is 9.84 Å². The normalized spacial score (nSPS) is 19.2. The largest absolute Gasteiger partial charge is 0.494 e. The first-order valence-corrected chi connectivity index (χ1v) is 6.65. The topological polar surface area (TPSA) is 46.5 Å². The van der Waals surface area contributed by atoms with Gasteiger partial charge in [0.1, 0.15) is 11.5 Å². The molecule has 1 saturated carbocycles. The Morgan fingerprint density at radius 1 is 1.28 bits per heavy atom. The minimum Gasteiger partial charge on any atom is -0.494 e. The Hall–Kier alpha value is -1.35. The summed E-state index contributed by atoms with van der Waals surface area (Å²) in [5.74, 6) is 1.46. The zero-order valence-corrected chi connectivity index (χ0v) is 10.6. The number of benzene rings is 1. The lowest BCUT2D eigenvalue weighted by Gasteiger charge is -2.10. The Labute approximate surface area is 108 Å². The van der Waals surface area contributed by atoms with Gasteiger partial charge in [-0.05, 0) is 43.4 Å². The maximum atomic E-state index is 11.5. The maximum absolute atomic E-state index is 11.5. The number of hydrogen-bond acceptors (Lipinski definition) is 3. The SMILES string of the molecule is O=C1CCCC1CCOc1ccc(CCO)cc1. The highest BCUT2D eigenvalue weighted by Gasteiger charge is 2.23. The number of carbonyl (C=O) groups excluding carboxylic acids is 1. The molecular weight excluding hydrogens is 228 g/mol. The van der Waals surface area contributed by atoms with E-state index < -0.39 is 0 Å². The molecule has 0 amide bonds. The lowest BCUT2D eigenvalue weighted by molar-refractivity contribution is -0.121. The molecule has 0 radical (unpaired) electrons. The molecule has 1 fully saturated rings. The number of aliphatic hydroxyl groups excluding tert-OH is 1. The summed E-state index contributed by atoms with van der Waals surface area (Å²) in [5, 5.41) is 8.81. The smallest absolute Gasteiger partial charge is 0.136 e. The van der Waals surface area contributed by atoms with Crippen molar-refractivity contribution in [2.24, 2.45) is 5.92 Å². The van der Waals surface area contributed by atoms with Crippen LogP contribution in [0, 0.1) is 5.92 Å². The van der Waals surface area contributed by atoms with E-state index in [0.29, 0.717) is 18.8 Å². The van der Waals surface area contributed by atoms with E-state index in [1.165, 1.54) is 0 Å². The van der Waals surface area contributed by atoms with Crippen molar-refractivity contribution in [2.45, 2.75) is 32.1 Å². The molecule has 1 aliphatic rings. The molecule has 0 saturated heterocycles. The van der Waals surface area contributed by atoms with Gasteiger partial charge in [-0.1, -0.05) is 12.1 Å². The first-order chi connectivity index (χ1) is 8.79. The van der Waals surface area contributed by atoms with Gasteiger partial charge in [-0.3, -0.25) is 4.79 Å². The molecule has 3 nitrogen and oxygen atoms in total. The van der Waals surface area contributed by atoms with Crippen molar-refractivity contribution in [3.8, 4) is 5.75 Å². The standard InChI is InChI=1S/C15H20O3/c16-10-8-12-4-6-14(7-5-12)18-11-9-13-2-1-3-15(13)17/h4-7,13,16H,1-3,8-11H2. The van der Waals surface area contributed by atoms with Crippen molar-refractivity contribution in [2.75, 3.05) is 13.2 Å². The lowest BCUT2D eigenvalue weighted by Crippen LogP contribution is -2.11. The molecule has 0 aromatic heterocycles. The summed E-state index contributed by atoms with van der Waals surface area (Å²) in [6, 6.07) is 7.77. The monoisotopic (exact) mass is 248 g/mol. The van der Waals surface area contributed by atoms with Crippen molar-refractivity contribution in [1.29, 1.82) is 0 Å². The highest BCUT2D eigenvalue weighted by Crippen LogP contribution is 2.24. The molecule has 0 heterocycles. The van der Waals surface area contributed by atoms with Gasteiger partial charge in [-0.25, -0.2) is 0 Å². The van der Waals surface area contributed by atoms with Gasteiger partial charge in [0.25, 0.3) is 0 Å². The van der Waals surface area contributed by atoms with Gasteiger partial charge in [0.15, 0.2) is 0 Å². The minimum atomic E-state index is 0.171. The quantitative estimate of drug-likeness (QED) is 0.840. The van der Waals surface area contributed by atoms with Crippen LogP contribution in [0.4, 0.5) is 0 Å². The average molecular weight is 248 g/mol. The van der Waals surface area contributed by atoms with Crippen LogP contribution >= 0.6 is 0 Å². The molecule has 1 atom stereocenters. The van der Waals surface area contributed by atoms with Gasteiger partial charge in [-0.2, -0.15) is 0 Å². The second-order valence-corrected chi connectivity index (χ2v) is 4.81. The fourth-order valence-electron chi connectivity index (χ4n) is 2.39. The second kappa shape index (κ2) is 6.55. The number of Topliss-reactive ketones (excluding diaryl/α,β-unsaturated/α-hetero) is 1. The van der Waals surface area contributed by atoms with E-state index in [9.17, 15) is 4.79 Å². The molecule has 1 unspecified atom stereocenters. The summed E-state index contributed by atoms with van der Waals surface area (Å²) < 4.78 is 5.63. The van der Waals surface area contributed by atoms with Gasteiger partial charge in [0.2, 0.25) is 0 Å². The van der Waals surface area contributed by atoms with E-state index in [-0.39, 0.29) is 12.5 Å². The molecule has 0 aliphatic heterocycles. The van der Waals surface area contributed by atoms with Crippen LogP contribution in [0.5, 0.6) is 5.75 Å². The number of carbonyl (C=O) groups is 1. The fraction of sp³-hybridized carbons (Fsp3) is 0.533. The van der Waals surface area contributed by atoms with E-state index in [4.69, 9.17) is 9.84 Å². The summed E-state index contributed by atoms with van der Waals surface area (Å²) in [5.41, 5.74) is 1.11. The van der Waals surface area contributed by atoms with E-state index >= 15 is 0 Å². The first kappa shape index (κ1) is 13.1. The summed E-state index contributed by atoms with van der Waals surface area (Å²) in [7, 11) is 0. The summed E-state index contributed by atoms with van der Waals surface area (Å²) in [4.78, 5) is 11.5. The van der Waals surface area contributed by atoms with E-state index in [1.54, 1.807) is 0 Å². The van der Waals surface area contributed by atoms with E-state index in [0.717, 1.165) is 37.0 Å². The number of aliphatic hydroxyl groups is 1. The van der Waals surface area contributed by atoms with Crippen molar-refractivity contribution >= 4 is 5.78 Å². The Morgan fingerprint density at radius 2 is 2.06 bits per heavy atom. The predicted molar refractivity (Wildman–Crippen MR) is 69.7 cm³/mol. The Balaban J connectivity index is 1.74. The molecule has 1 aromatic carbocycles. The highest BCUT2D eigenvalue weighted by atomic mass is 16.5. The van der Waals surface area contributed by atoms with Crippen molar-refractivity contribution in [1.82, 2.24) is 0 Å². The molecule has 3 heteroatoms. The zero-order valence-electron chi connectivity index (χ0n) is 10.6. The van der Waals surface area contributed by atoms with Crippen LogP contribution in [0.2, 0.25) is 0 Å². The molecule has 1 N–H and O–H groups in total. The van der Waals surface area contributed by atoms with Crippen molar-refractivity contribution in [3.63, 3.8) is 0 Å². The molecule has 0 bridgehead atoms. The van der Waals surface area contributed by atoms with Crippen LogP contribution < -0.4 is 4.74 Å². The number of ketones is 1. The Morgan fingerprint density at radius 3 is 2.67 bits per heavy atom. The number of rotatable bonds is 6. The van der Waals surface area contributed by atoms with Crippen LogP contribution in [0.1, 0.15) is 31.2 Å². The van der Waals surface area contributed by atoms with Crippen LogP contribution in [0.25, 0.3) is 0 Å². The summed E-state index contributed by atoms with van der Waals surface area (Å²) in [6.07, 6.45) is 4.32. The predicted octanol–water partition coefficient (Wildman–Crippen LogP) is 2.36. The van der Waals surface area contributed by atoms with Gasteiger partial charge in [0.05, 0.1) is 6.61 Å². The molecule has 0 spiro atoms. The van der Waals surface area contributed by atoms with Gasteiger partial charge >= 0.3 is 0 Å². The lowest BCUT2D eigenvalue weighted by atomic mass is 10.0. The summed E-state index contributed by atoms with van der Waals surface area (Å²) in [6.45, 7) is 0.778. The molecular formula is C15H20O3. The Kier molecular flexibility index (Phi) is 4.76. The number of hydrogen-bond donors (Lipinski definition) is 1.